The van der Waals surface area contributed by atoms with Crippen molar-refractivity contribution in [3.63, 3.8) is 0 Å². The highest BCUT2D eigenvalue weighted by Crippen LogP contribution is 2.34. The topological polar surface area (TPSA) is 58.6 Å². The SMILES string of the molecule is COC(=O)C1=C(C)NC(=S)N(C(C)=O)[C@@H]1c1ccc(Cl)cc1. The number of nitrogens with zero attached hydrogens (tertiary/aromatic N) is 1. The molecule has 1 N–H and O–H groups in total. The lowest BCUT2D eigenvalue weighted by atomic mass is 9.94. The summed E-state index contributed by atoms with van der Waals surface area (Å²) < 4.78 is 4.85. The van der Waals surface area contributed by atoms with Crippen LogP contribution in [0.2, 0.25) is 5.02 Å². The summed E-state index contributed by atoms with van der Waals surface area (Å²) in [6.45, 7) is 3.12. The van der Waals surface area contributed by atoms with Crippen molar-refractivity contribution >= 4 is 40.8 Å². The minimum absolute atomic E-state index is 0.248. The van der Waals surface area contributed by atoms with Crippen molar-refractivity contribution in [2.45, 2.75) is 19.9 Å². The zero-order valence-corrected chi connectivity index (χ0v) is 13.9. The summed E-state index contributed by atoms with van der Waals surface area (Å²) in [7, 11) is 1.30. The first-order chi connectivity index (χ1) is 10.4. The number of thiocarbonyl (C=S) groups is 1. The van der Waals surface area contributed by atoms with E-state index in [1.807, 2.05) is 0 Å². The third-order valence-corrected chi connectivity index (χ3v) is 3.93. The third kappa shape index (κ3) is 2.98. The fraction of sp³-hybridized carbons (Fsp3) is 0.267. The van der Waals surface area contributed by atoms with Crippen LogP contribution in [0.4, 0.5) is 0 Å². The van der Waals surface area contributed by atoms with Crippen molar-refractivity contribution in [2.24, 2.45) is 0 Å². The highest BCUT2D eigenvalue weighted by molar-refractivity contribution is 7.80. The Kier molecular flexibility index (Phi) is 4.83. The Morgan fingerprint density at radius 2 is 1.91 bits per heavy atom. The van der Waals surface area contributed by atoms with Crippen LogP contribution in [0, 0.1) is 0 Å². The highest BCUT2D eigenvalue weighted by atomic mass is 35.5. The van der Waals surface area contributed by atoms with E-state index in [0.29, 0.717) is 16.3 Å². The number of rotatable bonds is 2. The van der Waals surface area contributed by atoms with E-state index in [0.717, 1.165) is 5.56 Å². The Morgan fingerprint density at radius 1 is 1.32 bits per heavy atom. The normalized spacial score (nSPS) is 18.1. The summed E-state index contributed by atoms with van der Waals surface area (Å²) in [5.41, 5.74) is 1.63. The number of nitrogens with one attached hydrogen (secondary N) is 1. The molecule has 116 valence electrons. The van der Waals surface area contributed by atoms with E-state index in [1.54, 1.807) is 31.2 Å². The minimum Gasteiger partial charge on any atom is -0.466 e. The van der Waals surface area contributed by atoms with E-state index >= 15 is 0 Å². The van der Waals surface area contributed by atoms with Gasteiger partial charge in [-0.3, -0.25) is 9.69 Å². The zero-order chi connectivity index (χ0) is 16.4. The lowest BCUT2D eigenvalue weighted by molar-refractivity contribution is -0.137. The number of carbonyl (C=O) groups is 2. The largest absolute Gasteiger partial charge is 0.466 e. The van der Waals surface area contributed by atoms with E-state index in [-0.39, 0.29) is 11.0 Å². The Morgan fingerprint density at radius 3 is 2.41 bits per heavy atom. The Bertz CT molecular complexity index is 670. The second-order valence-electron chi connectivity index (χ2n) is 4.80. The maximum absolute atomic E-state index is 12.2. The quantitative estimate of drug-likeness (QED) is 0.663. The van der Waals surface area contributed by atoms with Crippen LogP contribution in [0.15, 0.2) is 35.5 Å². The number of ether oxygens (including phenoxy) is 1. The molecule has 0 spiro atoms. The smallest absolute Gasteiger partial charge is 0.337 e. The van der Waals surface area contributed by atoms with Crippen molar-refractivity contribution in [3.8, 4) is 0 Å². The maximum Gasteiger partial charge on any atom is 0.337 e. The summed E-state index contributed by atoms with van der Waals surface area (Å²) >= 11 is 11.2. The predicted octanol–water partition coefficient (Wildman–Crippen LogP) is 2.56. The Hall–Kier alpha value is -1.92. The molecule has 1 aromatic rings. The van der Waals surface area contributed by atoms with Crippen molar-refractivity contribution in [2.75, 3.05) is 7.11 Å². The molecule has 0 saturated heterocycles. The predicted molar refractivity (Wildman–Crippen MR) is 87.2 cm³/mol. The third-order valence-electron chi connectivity index (χ3n) is 3.38. The number of carbonyl (C=O) groups excluding carboxylic acids is 2. The fourth-order valence-corrected chi connectivity index (χ4v) is 2.91. The second kappa shape index (κ2) is 6.46. The summed E-state index contributed by atoms with van der Waals surface area (Å²) in [5.74, 6) is -0.787. The van der Waals surface area contributed by atoms with Gasteiger partial charge in [-0.25, -0.2) is 4.79 Å². The van der Waals surface area contributed by atoms with Gasteiger partial charge in [-0.1, -0.05) is 23.7 Å². The van der Waals surface area contributed by atoms with Crippen LogP contribution in [-0.4, -0.2) is 29.0 Å². The number of methoxy groups -OCH3 is 1. The molecule has 1 aromatic carbocycles. The first kappa shape index (κ1) is 16.5. The molecule has 7 heteroatoms. The summed E-state index contributed by atoms with van der Waals surface area (Å²) in [6, 6.07) is 6.27. The highest BCUT2D eigenvalue weighted by Gasteiger charge is 2.38. The van der Waals surface area contributed by atoms with Gasteiger partial charge in [-0.15, -0.1) is 0 Å². The fourth-order valence-electron chi connectivity index (χ4n) is 2.40. The van der Waals surface area contributed by atoms with Gasteiger partial charge in [0.2, 0.25) is 5.91 Å². The van der Waals surface area contributed by atoms with Crippen LogP contribution in [0.5, 0.6) is 0 Å². The average molecular weight is 339 g/mol. The molecular formula is C15H15ClN2O3S. The Labute approximate surface area is 138 Å². The van der Waals surface area contributed by atoms with Crippen LogP contribution >= 0.6 is 23.8 Å². The summed E-state index contributed by atoms with van der Waals surface area (Å²) in [5, 5.41) is 3.69. The molecule has 0 radical (unpaired) electrons. The van der Waals surface area contributed by atoms with Crippen LogP contribution < -0.4 is 5.32 Å². The lowest BCUT2D eigenvalue weighted by Gasteiger charge is -2.37. The van der Waals surface area contributed by atoms with Gasteiger partial charge >= 0.3 is 5.97 Å². The van der Waals surface area contributed by atoms with Crippen molar-refractivity contribution in [1.29, 1.82) is 0 Å². The molecule has 2 rings (SSSR count). The van der Waals surface area contributed by atoms with Gasteiger partial charge in [0, 0.05) is 17.6 Å². The monoisotopic (exact) mass is 338 g/mol. The number of allylic oxidation sites excluding steroid dienone is 1. The summed E-state index contributed by atoms with van der Waals surface area (Å²) in [4.78, 5) is 25.6. The van der Waals surface area contributed by atoms with Crippen LogP contribution in [0.1, 0.15) is 25.5 Å². The number of amides is 1. The number of halogens is 1. The Balaban J connectivity index is 2.64. The molecule has 0 bridgehead atoms. The van der Waals surface area contributed by atoms with Gasteiger partial charge in [0.25, 0.3) is 0 Å². The molecule has 1 heterocycles. The second-order valence-corrected chi connectivity index (χ2v) is 5.63. The van der Waals surface area contributed by atoms with Crippen LogP contribution in [0.3, 0.4) is 0 Å². The molecule has 0 fully saturated rings. The van der Waals surface area contributed by atoms with Gasteiger partial charge in [0.05, 0.1) is 18.7 Å². The molecular weight excluding hydrogens is 324 g/mol. The van der Waals surface area contributed by atoms with Gasteiger partial charge < -0.3 is 10.1 Å². The molecule has 1 aliphatic heterocycles. The van der Waals surface area contributed by atoms with Crippen molar-refractivity contribution in [1.82, 2.24) is 10.2 Å². The van der Waals surface area contributed by atoms with Gasteiger partial charge in [0.15, 0.2) is 5.11 Å². The molecule has 0 saturated carbocycles. The summed E-state index contributed by atoms with van der Waals surface area (Å²) in [6.07, 6.45) is 0. The first-order valence-electron chi connectivity index (χ1n) is 6.52. The van der Waals surface area contributed by atoms with Crippen LogP contribution in [-0.2, 0) is 14.3 Å². The zero-order valence-electron chi connectivity index (χ0n) is 12.3. The number of esters is 1. The van der Waals surface area contributed by atoms with Gasteiger partial charge in [-0.05, 0) is 36.8 Å². The molecule has 0 aromatic heterocycles. The maximum atomic E-state index is 12.2. The van der Waals surface area contributed by atoms with E-state index in [2.05, 4.69) is 5.32 Å². The van der Waals surface area contributed by atoms with E-state index in [9.17, 15) is 9.59 Å². The van der Waals surface area contributed by atoms with E-state index < -0.39 is 12.0 Å². The molecule has 5 nitrogen and oxygen atoms in total. The molecule has 0 aliphatic carbocycles. The average Bonchev–Trinajstić information content (AvgIpc) is 2.46. The van der Waals surface area contributed by atoms with E-state index in [4.69, 9.17) is 28.6 Å². The molecule has 0 unspecified atom stereocenters. The number of benzene rings is 1. The van der Waals surface area contributed by atoms with Crippen LogP contribution in [0.25, 0.3) is 0 Å². The molecule has 22 heavy (non-hydrogen) atoms. The first-order valence-corrected chi connectivity index (χ1v) is 7.30. The standard InChI is InChI=1S/C15H15ClN2O3S/c1-8-12(14(20)21-3)13(10-4-6-11(16)7-5-10)18(9(2)19)15(22)17-8/h4-7,13H,1-3H3,(H,17,22)/t13-/m1/s1. The molecule has 1 amide bonds. The van der Waals surface area contributed by atoms with Crippen molar-refractivity contribution in [3.05, 3.63) is 46.1 Å². The number of hydrogen-bond acceptors (Lipinski definition) is 4. The molecule has 1 atom stereocenters. The minimum atomic E-state index is -0.643. The number of hydrogen-bond donors (Lipinski definition) is 1. The van der Waals surface area contributed by atoms with E-state index in [1.165, 1.54) is 18.9 Å². The van der Waals surface area contributed by atoms with Gasteiger partial charge in [0.1, 0.15) is 0 Å². The lowest BCUT2D eigenvalue weighted by Crippen LogP contribution is -2.50. The molecule has 1 aliphatic rings. The van der Waals surface area contributed by atoms with Crippen molar-refractivity contribution < 1.29 is 14.3 Å². The van der Waals surface area contributed by atoms with Gasteiger partial charge in [-0.2, -0.15) is 0 Å².